The second kappa shape index (κ2) is 3.16. The molecule has 1 saturated carbocycles. The Morgan fingerprint density at radius 2 is 2.18 bits per heavy atom. The van der Waals surface area contributed by atoms with Crippen LogP contribution < -0.4 is 0 Å². The zero-order valence-corrected chi connectivity index (χ0v) is 9.19. The van der Waals surface area contributed by atoms with Crippen LogP contribution in [0.1, 0.15) is 18.9 Å². The molecule has 0 radical (unpaired) electrons. The van der Waals surface area contributed by atoms with Crippen LogP contribution in [-0.2, 0) is 0 Å². The maximum Gasteiger partial charge on any atom is 0.167 e. The van der Waals surface area contributed by atoms with E-state index in [9.17, 15) is 0 Å². The van der Waals surface area contributed by atoms with Crippen LogP contribution in [0.5, 0.6) is 0 Å². The number of fused-ring (bicyclic) bond motifs is 1. The first-order valence-electron chi connectivity index (χ1n) is 5.76. The van der Waals surface area contributed by atoms with Gasteiger partial charge in [-0.1, -0.05) is 6.07 Å². The molecular weight excluding hydrogens is 214 g/mol. The average molecular weight is 225 g/mol. The summed E-state index contributed by atoms with van der Waals surface area (Å²) in [6.07, 6.45) is 8.07. The van der Waals surface area contributed by atoms with Crippen LogP contribution in [0.4, 0.5) is 0 Å². The van der Waals surface area contributed by atoms with E-state index in [1.807, 2.05) is 41.4 Å². The Hall–Kier alpha value is -2.17. The molecule has 0 aromatic carbocycles. The van der Waals surface area contributed by atoms with Gasteiger partial charge in [-0.05, 0) is 25.0 Å². The fraction of sp³-hybridized carbons (Fsp3) is 0.250. The molecule has 0 unspecified atom stereocenters. The largest absolute Gasteiger partial charge is 0.310 e. The van der Waals surface area contributed by atoms with Gasteiger partial charge < -0.3 is 4.57 Å². The fourth-order valence-electron chi connectivity index (χ4n) is 2.16. The van der Waals surface area contributed by atoms with E-state index in [4.69, 9.17) is 0 Å². The van der Waals surface area contributed by atoms with Crippen molar-refractivity contribution in [1.82, 2.24) is 24.4 Å². The molecule has 5 heteroatoms. The molecule has 84 valence electrons. The smallest absolute Gasteiger partial charge is 0.167 e. The summed E-state index contributed by atoms with van der Waals surface area (Å²) in [5.74, 6) is 0.925. The molecule has 1 aliphatic carbocycles. The highest BCUT2D eigenvalue weighted by Crippen LogP contribution is 2.38. The highest BCUT2D eigenvalue weighted by atomic mass is 15.3. The molecule has 0 aliphatic heterocycles. The van der Waals surface area contributed by atoms with Gasteiger partial charge in [0.2, 0.25) is 0 Å². The number of rotatable bonds is 2. The van der Waals surface area contributed by atoms with E-state index in [-0.39, 0.29) is 0 Å². The number of hydrogen-bond donors (Lipinski definition) is 0. The van der Waals surface area contributed by atoms with E-state index >= 15 is 0 Å². The summed E-state index contributed by atoms with van der Waals surface area (Å²) in [4.78, 5) is 0. The first kappa shape index (κ1) is 8.92. The van der Waals surface area contributed by atoms with Crippen LogP contribution in [-0.4, -0.2) is 24.4 Å². The lowest BCUT2D eigenvalue weighted by Gasteiger charge is -2.02. The number of pyridine rings is 1. The Morgan fingerprint density at radius 1 is 1.24 bits per heavy atom. The second-order valence-electron chi connectivity index (χ2n) is 4.38. The summed E-state index contributed by atoms with van der Waals surface area (Å²) in [7, 11) is 0. The highest BCUT2D eigenvalue weighted by molar-refractivity contribution is 5.75. The van der Waals surface area contributed by atoms with Crippen LogP contribution >= 0.6 is 0 Å². The number of hydrogen-bond acceptors (Lipinski definition) is 3. The molecular formula is C12H11N5. The van der Waals surface area contributed by atoms with Crippen molar-refractivity contribution < 1.29 is 0 Å². The molecule has 0 bridgehead atoms. The second-order valence-corrected chi connectivity index (χ2v) is 4.38. The van der Waals surface area contributed by atoms with Crippen molar-refractivity contribution in [3.8, 4) is 11.4 Å². The molecule has 3 heterocycles. The van der Waals surface area contributed by atoms with Crippen molar-refractivity contribution in [2.24, 2.45) is 0 Å². The Bertz CT molecular complexity index is 677. The minimum Gasteiger partial charge on any atom is -0.310 e. The first-order valence-corrected chi connectivity index (χ1v) is 5.76. The standard InChI is InChI=1S/C12H11N5/c1-2-6-17-11(3-1)10(7-14-17)12-15-13-8-16(12)9-4-5-9/h1-3,6-9H,4-5H2. The normalized spacial score (nSPS) is 15.5. The molecule has 0 amide bonds. The summed E-state index contributed by atoms with van der Waals surface area (Å²) < 4.78 is 4.02. The Morgan fingerprint density at radius 3 is 3.06 bits per heavy atom. The van der Waals surface area contributed by atoms with Gasteiger partial charge in [-0.2, -0.15) is 5.10 Å². The van der Waals surface area contributed by atoms with E-state index in [2.05, 4.69) is 19.9 Å². The summed E-state index contributed by atoms with van der Waals surface area (Å²) >= 11 is 0. The van der Waals surface area contributed by atoms with Crippen molar-refractivity contribution in [2.75, 3.05) is 0 Å². The van der Waals surface area contributed by atoms with Gasteiger partial charge >= 0.3 is 0 Å². The van der Waals surface area contributed by atoms with Gasteiger partial charge in [0, 0.05) is 12.2 Å². The molecule has 0 spiro atoms. The average Bonchev–Trinajstić information content (AvgIpc) is 2.94. The lowest BCUT2D eigenvalue weighted by Crippen LogP contribution is -1.95. The number of aromatic nitrogens is 5. The predicted octanol–water partition coefficient (Wildman–Crippen LogP) is 1.93. The van der Waals surface area contributed by atoms with Gasteiger partial charge in [0.25, 0.3) is 0 Å². The maximum absolute atomic E-state index is 4.33. The van der Waals surface area contributed by atoms with E-state index in [0.29, 0.717) is 6.04 Å². The lowest BCUT2D eigenvalue weighted by atomic mass is 10.2. The predicted molar refractivity (Wildman–Crippen MR) is 62.5 cm³/mol. The SMILES string of the molecule is c1ccn2ncc(-c3nncn3C3CC3)c2c1. The van der Waals surface area contributed by atoms with Gasteiger partial charge in [0.05, 0.1) is 17.3 Å². The van der Waals surface area contributed by atoms with Crippen molar-refractivity contribution in [2.45, 2.75) is 18.9 Å². The zero-order valence-electron chi connectivity index (χ0n) is 9.19. The third-order valence-electron chi connectivity index (χ3n) is 3.18. The Balaban J connectivity index is 1.95. The van der Waals surface area contributed by atoms with Gasteiger partial charge in [-0.3, -0.25) is 0 Å². The summed E-state index contributed by atoms with van der Waals surface area (Å²) in [5.41, 5.74) is 2.12. The summed E-state index contributed by atoms with van der Waals surface area (Å²) in [5, 5.41) is 12.6. The van der Waals surface area contributed by atoms with E-state index < -0.39 is 0 Å². The lowest BCUT2D eigenvalue weighted by molar-refractivity contribution is 0.746. The maximum atomic E-state index is 4.33. The molecule has 17 heavy (non-hydrogen) atoms. The van der Waals surface area contributed by atoms with E-state index in [1.165, 1.54) is 12.8 Å². The molecule has 3 aromatic rings. The molecule has 5 nitrogen and oxygen atoms in total. The molecule has 3 aromatic heterocycles. The molecule has 0 N–H and O–H groups in total. The molecule has 1 fully saturated rings. The van der Waals surface area contributed by atoms with Crippen LogP contribution in [0.3, 0.4) is 0 Å². The third-order valence-corrected chi connectivity index (χ3v) is 3.18. The summed E-state index contributed by atoms with van der Waals surface area (Å²) in [6.45, 7) is 0. The van der Waals surface area contributed by atoms with E-state index in [1.54, 1.807) is 0 Å². The molecule has 4 rings (SSSR count). The van der Waals surface area contributed by atoms with Crippen molar-refractivity contribution in [3.63, 3.8) is 0 Å². The fourth-order valence-corrected chi connectivity index (χ4v) is 2.16. The topological polar surface area (TPSA) is 48.0 Å². The number of nitrogens with zero attached hydrogens (tertiary/aromatic N) is 5. The highest BCUT2D eigenvalue weighted by Gasteiger charge is 2.27. The van der Waals surface area contributed by atoms with Gasteiger partial charge in [-0.15, -0.1) is 10.2 Å². The molecule has 1 aliphatic rings. The third kappa shape index (κ3) is 1.28. The Kier molecular flexibility index (Phi) is 1.66. The molecule has 0 saturated heterocycles. The summed E-state index contributed by atoms with van der Waals surface area (Å²) in [6, 6.07) is 6.61. The van der Waals surface area contributed by atoms with Crippen molar-refractivity contribution in [1.29, 1.82) is 0 Å². The minimum absolute atomic E-state index is 0.582. The van der Waals surface area contributed by atoms with Crippen LogP contribution in [0, 0.1) is 0 Å². The van der Waals surface area contributed by atoms with Crippen LogP contribution in [0.15, 0.2) is 36.9 Å². The monoisotopic (exact) mass is 225 g/mol. The van der Waals surface area contributed by atoms with Crippen LogP contribution in [0.25, 0.3) is 16.9 Å². The van der Waals surface area contributed by atoms with Gasteiger partial charge in [0.1, 0.15) is 6.33 Å². The minimum atomic E-state index is 0.582. The van der Waals surface area contributed by atoms with Gasteiger partial charge in [-0.25, -0.2) is 4.52 Å². The zero-order chi connectivity index (χ0) is 11.2. The first-order chi connectivity index (χ1) is 8.43. The Labute approximate surface area is 97.7 Å². The quantitative estimate of drug-likeness (QED) is 0.669. The van der Waals surface area contributed by atoms with Crippen LogP contribution in [0.2, 0.25) is 0 Å². The van der Waals surface area contributed by atoms with E-state index in [0.717, 1.165) is 16.9 Å². The van der Waals surface area contributed by atoms with Gasteiger partial charge in [0.15, 0.2) is 5.82 Å². The molecule has 0 atom stereocenters. The van der Waals surface area contributed by atoms with Crippen molar-refractivity contribution >= 4 is 5.52 Å². The van der Waals surface area contributed by atoms with Crippen molar-refractivity contribution in [3.05, 3.63) is 36.9 Å².